The molecular formula is C12H13ClFIN2O. The van der Waals surface area contributed by atoms with Crippen LogP contribution in [0.25, 0.3) is 0 Å². The Labute approximate surface area is 124 Å². The van der Waals surface area contributed by atoms with Crippen LogP contribution in [0.3, 0.4) is 0 Å². The summed E-state index contributed by atoms with van der Waals surface area (Å²) < 4.78 is 14.1. The van der Waals surface area contributed by atoms with E-state index in [4.69, 9.17) is 11.6 Å². The Morgan fingerprint density at radius 3 is 3.06 bits per heavy atom. The van der Waals surface area contributed by atoms with Crippen molar-refractivity contribution < 1.29 is 9.18 Å². The van der Waals surface area contributed by atoms with Crippen LogP contribution in [0.15, 0.2) is 18.2 Å². The second-order valence-electron chi connectivity index (χ2n) is 4.22. The Morgan fingerprint density at radius 2 is 2.39 bits per heavy atom. The fraction of sp³-hybridized carbons (Fsp3) is 0.417. The number of carbonyl (C=O) groups is 1. The highest BCUT2D eigenvalue weighted by molar-refractivity contribution is 14.1. The van der Waals surface area contributed by atoms with Gasteiger partial charge < -0.3 is 10.6 Å². The van der Waals surface area contributed by atoms with Gasteiger partial charge in [-0.2, -0.15) is 0 Å². The van der Waals surface area contributed by atoms with E-state index in [-0.39, 0.29) is 23.5 Å². The quantitative estimate of drug-likeness (QED) is 0.622. The minimum absolute atomic E-state index is 0.0769. The number of hydrogen-bond donors (Lipinski definition) is 2. The maximum Gasteiger partial charge on any atom is 0.237 e. The highest BCUT2D eigenvalue weighted by atomic mass is 127. The molecule has 1 aromatic rings. The lowest BCUT2D eigenvalue weighted by Crippen LogP contribution is -2.40. The zero-order valence-corrected chi connectivity index (χ0v) is 12.5. The van der Waals surface area contributed by atoms with Gasteiger partial charge in [-0.25, -0.2) is 4.39 Å². The molecule has 0 bridgehead atoms. The monoisotopic (exact) mass is 382 g/mol. The molecular weight excluding hydrogens is 370 g/mol. The molecule has 0 aliphatic carbocycles. The molecule has 2 atom stereocenters. The SMILES string of the molecule is O=C(NCc1cccc(Cl)c1F)C1C[C@@H](I)CN1. The van der Waals surface area contributed by atoms with Gasteiger partial charge >= 0.3 is 0 Å². The number of halogens is 3. The van der Waals surface area contributed by atoms with Crippen LogP contribution < -0.4 is 10.6 Å². The van der Waals surface area contributed by atoms with Crippen molar-refractivity contribution in [3.05, 3.63) is 34.6 Å². The summed E-state index contributed by atoms with van der Waals surface area (Å²) in [6, 6.07) is 4.60. The Morgan fingerprint density at radius 1 is 1.61 bits per heavy atom. The van der Waals surface area contributed by atoms with Crippen LogP contribution in [-0.2, 0) is 11.3 Å². The molecule has 98 valence electrons. The molecule has 1 fully saturated rings. The zero-order chi connectivity index (χ0) is 13.1. The van der Waals surface area contributed by atoms with E-state index in [1.165, 1.54) is 6.07 Å². The van der Waals surface area contributed by atoms with Gasteiger partial charge in [0.05, 0.1) is 11.1 Å². The Balaban J connectivity index is 1.91. The predicted octanol–water partition coefficient (Wildman–Crippen LogP) is 2.26. The molecule has 0 saturated carbocycles. The molecule has 0 spiro atoms. The summed E-state index contributed by atoms with van der Waals surface area (Å²) in [7, 11) is 0. The van der Waals surface area contributed by atoms with E-state index < -0.39 is 5.82 Å². The van der Waals surface area contributed by atoms with Crippen molar-refractivity contribution in [2.45, 2.75) is 22.9 Å². The van der Waals surface area contributed by atoms with Crippen molar-refractivity contribution in [2.75, 3.05) is 6.54 Å². The molecule has 1 saturated heterocycles. The smallest absolute Gasteiger partial charge is 0.237 e. The first-order valence-electron chi connectivity index (χ1n) is 5.66. The number of nitrogens with one attached hydrogen (secondary N) is 2. The van der Waals surface area contributed by atoms with Crippen LogP contribution in [0, 0.1) is 5.82 Å². The number of hydrogen-bond acceptors (Lipinski definition) is 2. The average molecular weight is 383 g/mol. The van der Waals surface area contributed by atoms with Gasteiger partial charge in [0, 0.05) is 22.6 Å². The van der Waals surface area contributed by atoms with E-state index in [1.807, 2.05) is 0 Å². The second kappa shape index (κ2) is 6.16. The topological polar surface area (TPSA) is 41.1 Å². The summed E-state index contributed by atoms with van der Waals surface area (Å²) in [4.78, 5) is 11.8. The summed E-state index contributed by atoms with van der Waals surface area (Å²) in [6.07, 6.45) is 0.810. The van der Waals surface area contributed by atoms with Crippen molar-refractivity contribution in [3.8, 4) is 0 Å². The fourth-order valence-corrected chi connectivity index (χ4v) is 2.84. The summed E-state index contributed by atoms with van der Waals surface area (Å²) in [5, 5.41) is 5.93. The number of benzene rings is 1. The number of amides is 1. The largest absolute Gasteiger partial charge is 0.351 e. The Bertz CT molecular complexity index is 458. The van der Waals surface area contributed by atoms with Gasteiger partial charge in [-0.15, -0.1) is 0 Å². The first-order chi connectivity index (χ1) is 8.58. The van der Waals surface area contributed by atoms with E-state index in [0.717, 1.165) is 13.0 Å². The Kier molecular flexibility index (Phi) is 4.80. The molecule has 2 N–H and O–H groups in total. The molecule has 0 radical (unpaired) electrons. The maximum atomic E-state index is 13.6. The minimum atomic E-state index is -0.467. The third-order valence-corrected chi connectivity index (χ3v) is 4.12. The molecule has 18 heavy (non-hydrogen) atoms. The summed E-state index contributed by atoms with van der Waals surface area (Å²) in [6.45, 7) is 0.999. The van der Waals surface area contributed by atoms with Crippen molar-refractivity contribution >= 4 is 40.1 Å². The molecule has 1 aliphatic heterocycles. The van der Waals surface area contributed by atoms with Gasteiger partial charge in [-0.05, 0) is 12.5 Å². The number of alkyl halides is 1. The highest BCUT2D eigenvalue weighted by Crippen LogP contribution is 2.18. The van der Waals surface area contributed by atoms with Crippen LogP contribution in [0.1, 0.15) is 12.0 Å². The lowest BCUT2D eigenvalue weighted by molar-refractivity contribution is -0.122. The Hall–Kier alpha value is -0.400. The van der Waals surface area contributed by atoms with Gasteiger partial charge in [0.2, 0.25) is 5.91 Å². The predicted molar refractivity (Wildman–Crippen MR) is 77.5 cm³/mol. The van der Waals surface area contributed by atoms with Crippen LogP contribution in [0.5, 0.6) is 0 Å². The lowest BCUT2D eigenvalue weighted by Gasteiger charge is -2.11. The highest BCUT2D eigenvalue weighted by Gasteiger charge is 2.27. The third-order valence-electron chi connectivity index (χ3n) is 2.88. The maximum absolute atomic E-state index is 13.6. The van der Waals surface area contributed by atoms with Crippen molar-refractivity contribution in [2.24, 2.45) is 0 Å². The molecule has 1 aromatic carbocycles. The average Bonchev–Trinajstić information content (AvgIpc) is 2.77. The molecule has 6 heteroatoms. The first-order valence-corrected chi connectivity index (χ1v) is 7.28. The second-order valence-corrected chi connectivity index (χ2v) is 6.39. The summed E-state index contributed by atoms with van der Waals surface area (Å²) in [5.41, 5.74) is 0.403. The molecule has 2 rings (SSSR count). The molecule has 3 nitrogen and oxygen atoms in total. The van der Waals surface area contributed by atoms with E-state index in [0.29, 0.717) is 9.49 Å². The molecule has 1 unspecified atom stereocenters. The van der Waals surface area contributed by atoms with Gasteiger partial charge in [0.15, 0.2) is 0 Å². The van der Waals surface area contributed by atoms with Gasteiger partial charge in [-0.3, -0.25) is 4.79 Å². The minimum Gasteiger partial charge on any atom is -0.351 e. The number of carbonyl (C=O) groups excluding carboxylic acids is 1. The first kappa shape index (κ1) is 14.0. The third kappa shape index (κ3) is 3.33. The van der Waals surface area contributed by atoms with Gasteiger partial charge in [0.1, 0.15) is 5.82 Å². The number of rotatable bonds is 3. The summed E-state index contributed by atoms with van der Waals surface area (Å²) in [5.74, 6) is -0.556. The van der Waals surface area contributed by atoms with E-state index >= 15 is 0 Å². The van der Waals surface area contributed by atoms with Gasteiger partial charge in [-0.1, -0.05) is 46.3 Å². The van der Waals surface area contributed by atoms with E-state index in [2.05, 4.69) is 33.2 Å². The van der Waals surface area contributed by atoms with Crippen molar-refractivity contribution in [3.63, 3.8) is 0 Å². The zero-order valence-electron chi connectivity index (χ0n) is 9.55. The van der Waals surface area contributed by atoms with Gasteiger partial charge in [0.25, 0.3) is 0 Å². The fourth-order valence-electron chi connectivity index (χ4n) is 1.88. The molecule has 1 aliphatic rings. The van der Waals surface area contributed by atoms with Crippen molar-refractivity contribution in [1.82, 2.24) is 10.6 Å². The van der Waals surface area contributed by atoms with E-state index in [1.54, 1.807) is 12.1 Å². The normalized spacial score (nSPS) is 23.1. The van der Waals surface area contributed by atoms with Crippen molar-refractivity contribution in [1.29, 1.82) is 0 Å². The molecule has 0 aromatic heterocycles. The lowest BCUT2D eigenvalue weighted by atomic mass is 10.2. The standard InChI is InChI=1S/C12H13ClFIN2O/c13-9-3-1-2-7(11(9)14)5-17-12(18)10-4-8(15)6-16-10/h1-3,8,10,16H,4-6H2,(H,17,18)/t8-,10?/m1/s1. The van der Waals surface area contributed by atoms with Crippen LogP contribution in [0.4, 0.5) is 4.39 Å². The molecule has 1 amide bonds. The molecule has 1 heterocycles. The van der Waals surface area contributed by atoms with Crippen LogP contribution in [-0.4, -0.2) is 22.4 Å². The van der Waals surface area contributed by atoms with E-state index in [9.17, 15) is 9.18 Å². The summed E-state index contributed by atoms with van der Waals surface area (Å²) >= 11 is 7.98. The van der Waals surface area contributed by atoms with Crippen LogP contribution in [0.2, 0.25) is 5.02 Å². The van der Waals surface area contributed by atoms with Crippen LogP contribution >= 0.6 is 34.2 Å².